The first-order valence-electron chi connectivity index (χ1n) is 10.5. The van der Waals surface area contributed by atoms with Gasteiger partial charge in [0.2, 0.25) is 0 Å². The van der Waals surface area contributed by atoms with Crippen LogP contribution in [0.25, 0.3) is 0 Å². The van der Waals surface area contributed by atoms with Crippen LogP contribution in [0, 0.1) is 0 Å². The highest BCUT2D eigenvalue weighted by Crippen LogP contribution is 1.99. The summed E-state index contributed by atoms with van der Waals surface area (Å²) in [5.74, 6) is -0.364. The largest absolute Gasteiger partial charge is 0.463 e. The maximum absolute atomic E-state index is 11.4. The molecule has 0 spiro atoms. The molecule has 0 aromatic rings. The van der Waals surface area contributed by atoms with E-state index in [9.17, 15) is 4.79 Å². The number of carbonyl (C=O) groups excluding carboxylic acids is 1. The molecule has 0 bridgehead atoms. The van der Waals surface area contributed by atoms with Gasteiger partial charge in [-0.05, 0) is 44.9 Å². The summed E-state index contributed by atoms with van der Waals surface area (Å²) >= 11 is 0. The molecule has 4 nitrogen and oxygen atoms in total. The lowest BCUT2D eigenvalue weighted by molar-refractivity contribution is -0.147. The second-order valence-electron chi connectivity index (χ2n) is 6.47. The van der Waals surface area contributed by atoms with Crippen molar-refractivity contribution in [3.05, 3.63) is 72.9 Å². The third-order valence-corrected chi connectivity index (χ3v) is 3.76. The minimum absolute atomic E-state index is 0.154. The van der Waals surface area contributed by atoms with E-state index in [4.69, 9.17) is 14.9 Å². The minimum atomic E-state index is -0.996. The van der Waals surface area contributed by atoms with E-state index >= 15 is 0 Å². The third-order valence-electron chi connectivity index (χ3n) is 3.76. The highest BCUT2D eigenvalue weighted by atomic mass is 16.5. The topological polar surface area (TPSA) is 66.8 Å². The lowest BCUT2D eigenvalue weighted by Crippen LogP contribution is -2.21. The maximum atomic E-state index is 11.4. The minimum Gasteiger partial charge on any atom is -0.463 e. The predicted molar refractivity (Wildman–Crippen MR) is 122 cm³/mol. The van der Waals surface area contributed by atoms with Crippen LogP contribution in [0.15, 0.2) is 72.9 Å². The highest BCUT2D eigenvalue weighted by Gasteiger charge is 2.06. The first-order chi connectivity index (χ1) is 14.2. The molecule has 162 valence electrons. The van der Waals surface area contributed by atoms with Crippen molar-refractivity contribution in [3.8, 4) is 0 Å². The number of carbonyl (C=O) groups is 1. The first kappa shape index (κ1) is 26.8. The van der Waals surface area contributed by atoms with Crippen molar-refractivity contribution >= 4 is 5.97 Å². The standard InChI is InChI=1S/C25H38O4/c1-2-3-4-5-6-7-8-9-10-11-12-13-14-15-16-17-18-19-20-21-25(28)29-23-24(27)22-26/h3-4,6-7,9-10,12-13,15-16,18-19,24,26-27H,2,5,8,11,14,17,20-23H2,1H3/b4-3+,7-6+,10-9+,13-12+,16-15+,19-18+. The van der Waals surface area contributed by atoms with Gasteiger partial charge in [-0.1, -0.05) is 79.8 Å². The lowest BCUT2D eigenvalue weighted by Gasteiger charge is -2.07. The van der Waals surface area contributed by atoms with Crippen molar-refractivity contribution < 1.29 is 19.7 Å². The van der Waals surface area contributed by atoms with Crippen LogP contribution >= 0.6 is 0 Å². The fourth-order valence-electron chi connectivity index (χ4n) is 2.15. The molecule has 0 aromatic carbocycles. The Kier molecular flexibility index (Phi) is 20.5. The van der Waals surface area contributed by atoms with E-state index in [-0.39, 0.29) is 19.0 Å². The van der Waals surface area contributed by atoms with Crippen molar-refractivity contribution in [2.45, 2.75) is 64.4 Å². The van der Waals surface area contributed by atoms with Gasteiger partial charge >= 0.3 is 5.97 Å². The molecule has 4 heteroatoms. The molecule has 0 amide bonds. The number of esters is 1. The van der Waals surface area contributed by atoms with Crippen LogP contribution in [0.2, 0.25) is 0 Å². The van der Waals surface area contributed by atoms with Gasteiger partial charge in [0.05, 0.1) is 6.61 Å². The van der Waals surface area contributed by atoms with Crippen molar-refractivity contribution in [2.24, 2.45) is 0 Å². The third kappa shape index (κ3) is 22.0. The summed E-state index contributed by atoms with van der Waals surface area (Å²) in [5.41, 5.74) is 0. The molecule has 0 saturated carbocycles. The Morgan fingerprint density at radius 2 is 1.17 bits per heavy atom. The van der Waals surface area contributed by atoms with Gasteiger partial charge < -0.3 is 14.9 Å². The molecule has 0 saturated heterocycles. The average Bonchev–Trinajstić information content (AvgIpc) is 2.73. The molecule has 0 heterocycles. The SMILES string of the molecule is CC/C=C/C/C=C/C/C=C/C/C=C/C/C=C/C/C=C/CCC(=O)OCC(O)CO. The molecule has 2 N–H and O–H groups in total. The molecule has 0 aliphatic heterocycles. The van der Waals surface area contributed by atoms with E-state index in [0.717, 1.165) is 38.5 Å². The zero-order valence-corrected chi connectivity index (χ0v) is 17.8. The normalized spacial score (nSPS) is 13.9. The fraction of sp³-hybridized carbons (Fsp3) is 0.480. The predicted octanol–water partition coefficient (Wildman–Crippen LogP) is 5.36. The molecule has 0 fully saturated rings. The Morgan fingerprint density at radius 1 is 0.759 bits per heavy atom. The van der Waals surface area contributed by atoms with E-state index in [1.807, 2.05) is 12.2 Å². The van der Waals surface area contributed by atoms with Crippen molar-refractivity contribution in [1.29, 1.82) is 0 Å². The van der Waals surface area contributed by atoms with Gasteiger partial charge in [-0.25, -0.2) is 0 Å². The Balaban J connectivity index is 3.58. The zero-order valence-electron chi connectivity index (χ0n) is 17.8. The van der Waals surface area contributed by atoms with Crippen LogP contribution in [0.1, 0.15) is 58.3 Å². The molecule has 0 aromatic heterocycles. The smallest absolute Gasteiger partial charge is 0.306 e. The van der Waals surface area contributed by atoms with Crippen LogP contribution < -0.4 is 0 Å². The number of ether oxygens (including phenoxy) is 1. The summed E-state index contributed by atoms with van der Waals surface area (Å²) in [6.45, 7) is 1.59. The molecule has 0 aliphatic carbocycles. The van der Waals surface area contributed by atoms with Crippen LogP contribution in [0.3, 0.4) is 0 Å². The number of hydrogen-bond donors (Lipinski definition) is 2. The summed E-state index contributed by atoms with van der Waals surface area (Å²) in [6, 6.07) is 0. The highest BCUT2D eigenvalue weighted by molar-refractivity contribution is 5.69. The van der Waals surface area contributed by atoms with Crippen molar-refractivity contribution in [2.75, 3.05) is 13.2 Å². The van der Waals surface area contributed by atoms with Gasteiger partial charge in [0.15, 0.2) is 0 Å². The van der Waals surface area contributed by atoms with Crippen LogP contribution in [0.4, 0.5) is 0 Å². The fourth-order valence-corrected chi connectivity index (χ4v) is 2.15. The van der Waals surface area contributed by atoms with Gasteiger partial charge in [-0.2, -0.15) is 0 Å². The summed E-state index contributed by atoms with van der Waals surface area (Å²) in [7, 11) is 0. The van der Waals surface area contributed by atoms with E-state index in [1.165, 1.54) is 0 Å². The summed E-state index contributed by atoms with van der Waals surface area (Å²) in [6.07, 6.45) is 31.4. The molecule has 29 heavy (non-hydrogen) atoms. The molecule has 0 aliphatic rings. The van der Waals surface area contributed by atoms with Crippen molar-refractivity contribution in [3.63, 3.8) is 0 Å². The monoisotopic (exact) mass is 402 g/mol. The quantitative estimate of drug-likeness (QED) is 0.254. The molecule has 1 unspecified atom stereocenters. The molecular formula is C25H38O4. The summed E-state index contributed by atoms with van der Waals surface area (Å²) in [4.78, 5) is 11.4. The Labute approximate surface area is 176 Å². The molecular weight excluding hydrogens is 364 g/mol. The second kappa shape index (κ2) is 22.1. The van der Waals surface area contributed by atoms with E-state index in [0.29, 0.717) is 6.42 Å². The van der Waals surface area contributed by atoms with Gasteiger partial charge in [0.25, 0.3) is 0 Å². The number of hydrogen-bond acceptors (Lipinski definition) is 4. The Bertz CT molecular complexity index is 553. The summed E-state index contributed by atoms with van der Waals surface area (Å²) < 4.78 is 4.82. The van der Waals surface area contributed by atoms with Gasteiger partial charge in [0.1, 0.15) is 12.7 Å². The van der Waals surface area contributed by atoms with E-state index in [1.54, 1.807) is 0 Å². The summed E-state index contributed by atoms with van der Waals surface area (Å²) in [5, 5.41) is 17.7. The lowest BCUT2D eigenvalue weighted by atomic mass is 10.2. The Morgan fingerprint density at radius 3 is 1.59 bits per heavy atom. The zero-order chi connectivity index (χ0) is 21.4. The second-order valence-corrected chi connectivity index (χ2v) is 6.47. The molecule has 0 rings (SSSR count). The van der Waals surface area contributed by atoms with E-state index < -0.39 is 12.7 Å². The molecule has 0 radical (unpaired) electrons. The van der Waals surface area contributed by atoms with Crippen LogP contribution in [-0.2, 0) is 9.53 Å². The first-order valence-corrected chi connectivity index (χ1v) is 10.5. The van der Waals surface area contributed by atoms with Gasteiger partial charge in [0, 0.05) is 6.42 Å². The molecule has 1 atom stereocenters. The Hall–Kier alpha value is -2.17. The maximum Gasteiger partial charge on any atom is 0.306 e. The van der Waals surface area contributed by atoms with E-state index in [2.05, 4.69) is 67.7 Å². The van der Waals surface area contributed by atoms with Gasteiger partial charge in [-0.15, -0.1) is 0 Å². The van der Waals surface area contributed by atoms with Crippen molar-refractivity contribution in [1.82, 2.24) is 0 Å². The number of rotatable bonds is 17. The average molecular weight is 403 g/mol. The number of allylic oxidation sites excluding steroid dienone is 12. The number of aliphatic hydroxyl groups is 2. The van der Waals surface area contributed by atoms with Crippen LogP contribution in [0.5, 0.6) is 0 Å². The van der Waals surface area contributed by atoms with Gasteiger partial charge in [-0.3, -0.25) is 4.79 Å². The van der Waals surface area contributed by atoms with Crippen LogP contribution in [-0.4, -0.2) is 35.5 Å². The number of aliphatic hydroxyl groups excluding tert-OH is 2.